The van der Waals surface area contributed by atoms with Gasteiger partial charge in [0, 0.05) is 0 Å². The van der Waals surface area contributed by atoms with Crippen molar-refractivity contribution in [2.24, 2.45) is 0 Å². The van der Waals surface area contributed by atoms with E-state index in [0.29, 0.717) is 0 Å². The molecule has 4 nitrogen and oxygen atoms in total. The van der Waals surface area contributed by atoms with E-state index in [9.17, 15) is 9.18 Å². The molecule has 5 heteroatoms. The molecule has 1 aromatic carbocycles. The molecule has 0 bridgehead atoms. The number of rotatable bonds is 4. The minimum atomic E-state index is -1.16. The first-order chi connectivity index (χ1) is 7.56. The van der Waals surface area contributed by atoms with Gasteiger partial charge in [0.15, 0.2) is 0 Å². The third kappa shape index (κ3) is 1.99. The van der Waals surface area contributed by atoms with E-state index in [2.05, 4.69) is 5.32 Å². The van der Waals surface area contributed by atoms with Crippen LogP contribution in [0.3, 0.4) is 0 Å². The standard InChI is InChI=1S/C11H12FNO3/c12-8-5-7(10(15)16)1-2-9(8)13-11(6-14)3-4-11/h1-2,5,13-14H,3-4,6H2,(H,15,16). The van der Waals surface area contributed by atoms with Gasteiger partial charge in [-0.3, -0.25) is 0 Å². The topological polar surface area (TPSA) is 69.6 Å². The van der Waals surface area contributed by atoms with Crippen molar-refractivity contribution >= 4 is 11.7 Å². The summed E-state index contributed by atoms with van der Waals surface area (Å²) in [6, 6.07) is 3.69. The van der Waals surface area contributed by atoms with E-state index in [4.69, 9.17) is 10.2 Å². The fourth-order valence-corrected chi connectivity index (χ4v) is 1.51. The van der Waals surface area contributed by atoms with Crippen molar-refractivity contribution in [3.05, 3.63) is 29.6 Å². The Bertz CT molecular complexity index is 429. The molecule has 0 atom stereocenters. The zero-order chi connectivity index (χ0) is 11.8. The van der Waals surface area contributed by atoms with Crippen LogP contribution in [0.1, 0.15) is 23.2 Å². The Balaban J connectivity index is 2.20. The maximum absolute atomic E-state index is 13.5. The third-order valence-corrected chi connectivity index (χ3v) is 2.77. The lowest BCUT2D eigenvalue weighted by molar-refractivity contribution is 0.0696. The largest absolute Gasteiger partial charge is 0.478 e. The van der Waals surface area contributed by atoms with E-state index in [1.807, 2.05) is 0 Å². The molecule has 0 saturated heterocycles. The van der Waals surface area contributed by atoms with E-state index < -0.39 is 17.3 Å². The molecule has 0 radical (unpaired) electrons. The lowest BCUT2D eigenvalue weighted by Crippen LogP contribution is -2.26. The summed E-state index contributed by atoms with van der Waals surface area (Å²) in [5, 5.41) is 20.6. The van der Waals surface area contributed by atoms with Gasteiger partial charge in [-0.25, -0.2) is 9.18 Å². The number of nitrogens with one attached hydrogen (secondary N) is 1. The average Bonchev–Trinajstić information content (AvgIpc) is 3.01. The SMILES string of the molecule is O=C(O)c1ccc(NC2(CO)CC2)c(F)c1. The van der Waals surface area contributed by atoms with Crippen LogP contribution < -0.4 is 5.32 Å². The number of hydrogen-bond donors (Lipinski definition) is 3. The van der Waals surface area contributed by atoms with Crippen molar-refractivity contribution in [2.45, 2.75) is 18.4 Å². The maximum Gasteiger partial charge on any atom is 0.335 e. The third-order valence-electron chi connectivity index (χ3n) is 2.77. The molecule has 1 saturated carbocycles. The van der Waals surface area contributed by atoms with E-state index in [-0.39, 0.29) is 17.9 Å². The number of carboxylic acid groups (broad SMARTS) is 1. The summed E-state index contributed by atoms with van der Waals surface area (Å²) in [7, 11) is 0. The number of hydrogen-bond acceptors (Lipinski definition) is 3. The molecule has 1 aliphatic rings. The molecule has 1 aliphatic carbocycles. The minimum absolute atomic E-state index is 0.0485. The zero-order valence-corrected chi connectivity index (χ0v) is 8.53. The normalized spacial score (nSPS) is 16.9. The molecule has 86 valence electrons. The van der Waals surface area contributed by atoms with Crippen molar-refractivity contribution in [1.29, 1.82) is 0 Å². The van der Waals surface area contributed by atoms with Gasteiger partial charge in [0.2, 0.25) is 0 Å². The van der Waals surface area contributed by atoms with Crippen LogP contribution in [0.5, 0.6) is 0 Å². The number of aromatic carboxylic acids is 1. The monoisotopic (exact) mass is 225 g/mol. The minimum Gasteiger partial charge on any atom is -0.478 e. The zero-order valence-electron chi connectivity index (χ0n) is 8.53. The fourth-order valence-electron chi connectivity index (χ4n) is 1.51. The van der Waals surface area contributed by atoms with Crippen molar-refractivity contribution in [1.82, 2.24) is 0 Å². The molecule has 0 amide bonds. The predicted octanol–water partition coefficient (Wildman–Crippen LogP) is 1.46. The van der Waals surface area contributed by atoms with E-state index >= 15 is 0 Å². The summed E-state index contributed by atoms with van der Waals surface area (Å²) in [5.74, 6) is -1.77. The number of carboxylic acids is 1. The number of aliphatic hydroxyl groups excluding tert-OH is 1. The number of benzene rings is 1. The molecule has 0 spiro atoms. The van der Waals surface area contributed by atoms with E-state index in [1.54, 1.807) is 0 Å². The summed E-state index contributed by atoms with van der Waals surface area (Å²) in [4.78, 5) is 10.6. The number of carbonyl (C=O) groups is 1. The summed E-state index contributed by atoms with van der Waals surface area (Å²) in [6.07, 6.45) is 1.59. The highest BCUT2D eigenvalue weighted by Crippen LogP contribution is 2.38. The van der Waals surface area contributed by atoms with Crippen molar-refractivity contribution < 1.29 is 19.4 Å². The van der Waals surface area contributed by atoms with Gasteiger partial charge in [-0.2, -0.15) is 0 Å². The Kier molecular flexibility index (Phi) is 2.55. The summed E-state index contributed by atoms with van der Waals surface area (Å²) >= 11 is 0. The van der Waals surface area contributed by atoms with Gasteiger partial charge >= 0.3 is 5.97 Å². The van der Waals surface area contributed by atoms with Gasteiger partial charge in [0.1, 0.15) is 5.82 Å². The molecule has 1 fully saturated rings. The maximum atomic E-state index is 13.5. The molecule has 1 aromatic rings. The predicted molar refractivity (Wildman–Crippen MR) is 56.0 cm³/mol. The highest BCUT2D eigenvalue weighted by atomic mass is 19.1. The molecule has 0 unspecified atom stereocenters. The first-order valence-corrected chi connectivity index (χ1v) is 4.98. The Labute approximate surface area is 91.7 Å². The van der Waals surface area contributed by atoms with Crippen LogP contribution in [0.15, 0.2) is 18.2 Å². The Hall–Kier alpha value is -1.62. The van der Waals surface area contributed by atoms with Gasteiger partial charge < -0.3 is 15.5 Å². The van der Waals surface area contributed by atoms with Gasteiger partial charge in [-0.1, -0.05) is 0 Å². The van der Waals surface area contributed by atoms with Gasteiger partial charge in [-0.15, -0.1) is 0 Å². The van der Waals surface area contributed by atoms with Crippen LogP contribution >= 0.6 is 0 Å². The van der Waals surface area contributed by atoms with E-state index in [0.717, 1.165) is 18.9 Å². The summed E-state index contributed by atoms with van der Waals surface area (Å²) < 4.78 is 13.5. The molecular weight excluding hydrogens is 213 g/mol. The van der Waals surface area contributed by atoms with Crippen LogP contribution in [0.25, 0.3) is 0 Å². The second-order valence-corrected chi connectivity index (χ2v) is 4.06. The van der Waals surface area contributed by atoms with Crippen LogP contribution in [0, 0.1) is 5.82 Å². The first kappa shape index (κ1) is 10.9. The Morgan fingerprint density at radius 1 is 1.50 bits per heavy atom. The number of anilines is 1. The highest BCUT2D eigenvalue weighted by molar-refractivity contribution is 5.88. The first-order valence-electron chi connectivity index (χ1n) is 4.98. The smallest absolute Gasteiger partial charge is 0.335 e. The Morgan fingerprint density at radius 3 is 2.62 bits per heavy atom. The second kappa shape index (κ2) is 3.75. The molecule has 16 heavy (non-hydrogen) atoms. The average molecular weight is 225 g/mol. The second-order valence-electron chi connectivity index (χ2n) is 4.06. The van der Waals surface area contributed by atoms with Crippen LogP contribution in [0.4, 0.5) is 10.1 Å². The van der Waals surface area contributed by atoms with E-state index in [1.165, 1.54) is 12.1 Å². The lowest BCUT2D eigenvalue weighted by atomic mass is 10.1. The molecule has 0 aliphatic heterocycles. The number of halogens is 1. The van der Waals surface area contributed by atoms with Crippen LogP contribution in [-0.4, -0.2) is 28.3 Å². The quantitative estimate of drug-likeness (QED) is 0.725. The van der Waals surface area contributed by atoms with Crippen LogP contribution in [0.2, 0.25) is 0 Å². The lowest BCUT2D eigenvalue weighted by Gasteiger charge is -2.16. The summed E-state index contributed by atoms with van der Waals surface area (Å²) in [6.45, 7) is -0.0485. The van der Waals surface area contributed by atoms with Gasteiger partial charge in [0.25, 0.3) is 0 Å². The van der Waals surface area contributed by atoms with Gasteiger partial charge in [0.05, 0.1) is 23.4 Å². The van der Waals surface area contributed by atoms with Gasteiger partial charge in [-0.05, 0) is 31.0 Å². The Morgan fingerprint density at radius 2 is 2.19 bits per heavy atom. The molecule has 3 N–H and O–H groups in total. The molecule has 2 rings (SSSR count). The molecule has 0 aromatic heterocycles. The highest BCUT2D eigenvalue weighted by Gasteiger charge is 2.42. The molecular formula is C11H12FNO3. The fraction of sp³-hybridized carbons (Fsp3) is 0.364. The van der Waals surface area contributed by atoms with Crippen molar-refractivity contribution in [3.63, 3.8) is 0 Å². The molecule has 0 heterocycles. The van der Waals surface area contributed by atoms with Crippen LogP contribution in [-0.2, 0) is 0 Å². The van der Waals surface area contributed by atoms with Crippen molar-refractivity contribution in [3.8, 4) is 0 Å². The van der Waals surface area contributed by atoms with Crippen molar-refractivity contribution in [2.75, 3.05) is 11.9 Å². The number of aliphatic hydroxyl groups is 1. The summed E-state index contributed by atoms with van der Waals surface area (Å²) in [5.41, 5.74) is -0.264.